The topological polar surface area (TPSA) is 94.2 Å². The van der Waals surface area contributed by atoms with Crippen LogP contribution in [0, 0.1) is 6.92 Å². The molecular formula is C24H32N2O6S. The molecule has 0 bridgehead atoms. The quantitative estimate of drug-likeness (QED) is 0.683. The third-order valence-electron chi connectivity index (χ3n) is 5.28. The van der Waals surface area contributed by atoms with Crippen LogP contribution in [-0.4, -0.2) is 78.0 Å². The Morgan fingerprint density at radius 2 is 1.42 bits per heavy atom. The highest BCUT2D eigenvalue weighted by molar-refractivity contribution is 7.89. The van der Waals surface area contributed by atoms with Gasteiger partial charge in [0, 0.05) is 13.1 Å². The standard InChI is InChI=1S/C24H32N2O6S/c1-20-7-9-22(10-8-20)33(28,29)25-23(19-21-5-3-2-4-6-21)24(27)26-11-13-30-15-17-32-18-16-31-14-12-26/h2-10,23,25H,11-19H2,1H3/t23-/m0/s1. The molecule has 0 spiro atoms. The number of hydrogen-bond donors (Lipinski definition) is 1. The maximum Gasteiger partial charge on any atom is 0.241 e. The number of nitrogens with one attached hydrogen (secondary N) is 1. The summed E-state index contributed by atoms with van der Waals surface area (Å²) >= 11 is 0. The molecule has 33 heavy (non-hydrogen) atoms. The van der Waals surface area contributed by atoms with Crippen molar-refractivity contribution in [3.8, 4) is 0 Å². The van der Waals surface area contributed by atoms with E-state index in [-0.39, 0.29) is 17.2 Å². The van der Waals surface area contributed by atoms with Gasteiger partial charge in [-0.15, -0.1) is 0 Å². The van der Waals surface area contributed by atoms with Gasteiger partial charge in [0.2, 0.25) is 15.9 Å². The number of carbonyl (C=O) groups is 1. The average Bonchev–Trinajstić information content (AvgIpc) is 2.79. The lowest BCUT2D eigenvalue weighted by Gasteiger charge is -2.28. The molecule has 1 N–H and O–H groups in total. The lowest BCUT2D eigenvalue weighted by molar-refractivity contribution is -0.135. The van der Waals surface area contributed by atoms with Crippen LogP contribution < -0.4 is 4.72 Å². The van der Waals surface area contributed by atoms with Gasteiger partial charge in [0.25, 0.3) is 0 Å². The van der Waals surface area contributed by atoms with Crippen molar-refractivity contribution >= 4 is 15.9 Å². The van der Waals surface area contributed by atoms with Crippen LogP contribution in [0.5, 0.6) is 0 Å². The Balaban J connectivity index is 1.80. The normalized spacial score (nSPS) is 17.5. The molecule has 0 unspecified atom stereocenters. The highest BCUT2D eigenvalue weighted by Gasteiger charge is 2.29. The molecule has 1 heterocycles. The van der Waals surface area contributed by atoms with E-state index in [9.17, 15) is 13.2 Å². The lowest BCUT2D eigenvalue weighted by Crippen LogP contribution is -2.51. The summed E-state index contributed by atoms with van der Waals surface area (Å²) in [7, 11) is -3.90. The smallest absolute Gasteiger partial charge is 0.241 e. The molecule has 1 aliphatic rings. The summed E-state index contributed by atoms with van der Waals surface area (Å²) in [6.07, 6.45) is 0.233. The number of sulfonamides is 1. The van der Waals surface area contributed by atoms with Gasteiger partial charge in [0.15, 0.2) is 0 Å². The third kappa shape index (κ3) is 8.21. The SMILES string of the molecule is Cc1ccc(S(=O)(=O)N[C@@H](Cc2ccccc2)C(=O)N2CCOCCOCCOCC2)cc1. The largest absolute Gasteiger partial charge is 0.377 e. The van der Waals surface area contributed by atoms with Crippen molar-refractivity contribution in [2.24, 2.45) is 0 Å². The van der Waals surface area contributed by atoms with E-state index < -0.39 is 16.1 Å². The van der Waals surface area contributed by atoms with Crippen LogP contribution >= 0.6 is 0 Å². The van der Waals surface area contributed by atoms with E-state index in [0.717, 1.165) is 11.1 Å². The predicted molar refractivity (Wildman–Crippen MR) is 124 cm³/mol. The first kappa shape index (κ1) is 25.3. The van der Waals surface area contributed by atoms with Gasteiger partial charge >= 0.3 is 0 Å². The van der Waals surface area contributed by atoms with E-state index in [1.807, 2.05) is 37.3 Å². The molecule has 180 valence electrons. The molecule has 2 aromatic rings. The number of amides is 1. The van der Waals surface area contributed by atoms with Crippen LogP contribution in [0.4, 0.5) is 0 Å². The third-order valence-corrected chi connectivity index (χ3v) is 6.76. The van der Waals surface area contributed by atoms with Gasteiger partial charge in [-0.2, -0.15) is 4.72 Å². The number of ether oxygens (including phenoxy) is 3. The number of benzene rings is 2. The average molecular weight is 477 g/mol. The number of aryl methyl sites for hydroxylation is 1. The van der Waals surface area contributed by atoms with Crippen molar-refractivity contribution in [2.45, 2.75) is 24.3 Å². The molecule has 0 radical (unpaired) electrons. The maximum atomic E-state index is 13.5. The summed E-state index contributed by atoms with van der Waals surface area (Å²) in [6.45, 7) is 4.99. The number of carbonyl (C=O) groups excluding carboxylic acids is 1. The van der Waals surface area contributed by atoms with Gasteiger partial charge in [0.1, 0.15) is 6.04 Å². The van der Waals surface area contributed by atoms with Gasteiger partial charge in [-0.25, -0.2) is 8.42 Å². The summed E-state index contributed by atoms with van der Waals surface area (Å²) in [5, 5.41) is 0. The van der Waals surface area contributed by atoms with Crippen LogP contribution in [0.15, 0.2) is 59.5 Å². The fourth-order valence-electron chi connectivity index (χ4n) is 3.45. The summed E-state index contributed by atoms with van der Waals surface area (Å²) < 4.78 is 45.3. The fraction of sp³-hybridized carbons (Fsp3) is 0.458. The summed E-state index contributed by atoms with van der Waals surface area (Å²) in [5.41, 5.74) is 1.82. The molecule has 2 aromatic carbocycles. The number of hydrogen-bond acceptors (Lipinski definition) is 6. The van der Waals surface area contributed by atoms with Crippen molar-refractivity contribution in [1.82, 2.24) is 9.62 Å². The van der Waals surface area contributed by atoms with Crippen molar-refractivity contribution in [3.05, 3.63) is 65.7 Å². The highest BCUT2D eigenvalue weighted by atomic mass is 32.2. The molecule has 1 atom stereocenters. The summed E-state index contributed by atoms with van der Waals surface area (Å²) in [6, 6.07) is 15.0. The van der Waals surface area contributed by atoms with Gasteiger partial charge in [-0.3, -0.25) is 4.79 Å². The first-order valence-electron chi connectivity index (χ1n) is 11.1. The van der Waals surface area contributed by atoms with Crippen molar-refractivity contribution in [3.63, 3.8) is 0 Å². The second kappa shape index (κ2) is 12.8. The van der Waals surface area contributed by atoms with E-state index in [4.69, 9.17) is 14.2 Å². The van der Waals surface area contributed by atoms with Crippen LogP contribution in [0.1, 0.15) is 11.1 Å². The van der Waals surface area contributed by atoms with Crippen LogP contribution in [0.25, 0.3) is 0 Å². The predicted octanol–water partition coefficient (Wildman–Crippen LogP) is 1.78. The molecular weight excluding hydrogens is 444 g/mol. The van der Waals surface area contributed by atoms with E-state index in [1.165, 1.54) is 0 Å². The Labute approximate surface area is 195 Å². The van der Waals surface area contributed by atoms with E-state index >= 15 is 0 Å². The highest BCUT2D eigenvalue weighted by Crippen LogP contribution is 2.14. The number of rotatable bonds is 6. The first-order valence-corrected chi connectivity index (χ1v) is 12.6. The Hall–Kier alpha value is -2.30. The molecule has 1 saturated heterocycles. The molecule has 1 aliphatic heterocycles. The summed E-state index contributed by atoms with van der Waals surface area (Å²) in [4.78, 5) is 15.3. The fourth-order valence-corrected chi connectivity index (χ4v) is 4.64. The van der Waals surface area contributed by atoms with Crippen LogP contribution in [-0.2, 0) is 35.4 Å². The Bertz CT molecular complexity index is 954. The van der Waals surface area contributed by atoms with Crippen LogP contribution in [0.2, 0.25) is 0 Å². The zero-order chi connectivity index (χ0) is 23.5. The monoisotopic (exact) mass is 476 g/mol. The minimum Gasteiger partial charge on any atom is -0.377 e. The molecule has 1 fully saturated rings. The van der Waals surface area contributed by atoms with Gasteiger partial charge in [-0.1, -0.05) is 48.0 Å². The Morgan fingerprint density at radius 3 is 2.00 bits per heavy atom. The molecule has 0 aromatic heterocycles. The minimum atomic E-state index is -3.90. The molecule has 1 amide bonds. The van der Waals surface area contributed by atoms with Gasteiger partial charge in [-0.05, 0) is 31.0 Å². The van der Waals surface area contributed by atoms with Crippen molar-refractivity contribution in [2.75, 3.05) is 52.7 Å². The Kier molecular flexibility index (Phi) is 9.83. The molecule has 0 aliphatic carbocycles. The molecule has 0 saturated carbocycles. The van der Waals surface area contributed by atoms with E-state index in [2.05, 4.69) is 4.72 Å². The second-order valence-corrected chi connectivity index (χ2v) is 9.55. The first-order chi connectivity index (χ1) is 16.0. The lowest BCUT2D eigenvalue weighted by atomic mass is 10.1. The minimum absolute atomic E-state index is 0.124. The summed E-state index contributed by atoms with van der Waals surface area (Å²) in [5.74, 6) is -0.310. The Morgan fingerprint density at radius 1 is 0.879 bits per heavy atom. The van der Waals surface area contributed by atoms with E-state index in [0.29, 0.717) is 52.7 Å². The van der Waals surface area contributed by atoms with Gasteiger partial charge < -0.3 is 19.1 Å². The molecule has 8 nitrogen and oxygen atoms in total. The van der Waals surface area contributed by atoms with Crippen molar-refractivity contribution < 1.29 is 27.4 Å². The molecule has 3 rings (SSSR count). The zero-order valence-corrected chi connectivity index (χ0v) is 19.8. The van der Waals surface area contributed by atoms with Crippen LogP contribution in [0.3, 0.4) is 0 Å². The molecule has 9 heteroatoms. The zero-order valence-electron chi connectivity index (χ0n) is 18.9. The van der Waals surface area contributed by atoms with E-state index in [1.54, 1.807) is 29.2 Å². The van der Waals surface area contributed by atoms with Gasteiger partial charge in [0.05, 0.1) is 44.5 Å². The number of nitrogens with zero attached hydrogens (tertiary/aromatic N) is 1. The second-order valence-electron chi connectivity index (χ2n) is 7.84. The maximum absolute atomic E-state index is 13.5. The van der Waals surface area contributed by atoms with Crippen molar-refractivity contribution in [1.29, 1.82) is 0 Å².